The lowest BCUT2D eigenvalue weighted by molar-refractivity contribution is -0.135. The van der Waals surface area contributed by atoms with E-state index in [9.17, 15) is 9.59 Å². The summed E-state index contributed by atoms with van der Waals surface area (Å²) in [6.45, 7) is 0. The molecule has 1 aromatic rings. The van der Waals surface area contributed by atoms with Crippen LogP contribution in [0.25, 0.3) is 0 Å². The highest BCUT2D eigenvalue weighted by atomic mass is 16.5. The van der Waals surface area contributed by atoms with Gasteiger partial charge in [0.05, 0.1) is 7.11 Å². The Hall–Kier alpha value is -1.84. The van der Waals surface area contributed by atoms with Gasteiger partial charge in [-0.15, -0.1) is 0 Å². The van der Waals surface area contributed by atoms with Crippen molar-refractivity contribution < 1.29 is 19.1 Å². The van der Waals surface area contributed by atoms with Crippen LogP contribution in [0, 0.1) is 0 Å². The molecule has 0 amide bonds. The van der Waals surface area contributed by atoms with Gasteiger partial charge in [0.25, 0.3) is 0 Å². The minimum absolute atomic E-state index is 0.409. The molecule has 0 fully saturated rings. The summed E-state index contributed by atoms with van der Waals surface area (Å²) in [6.07, 6.45) is 0.584. The lowest BCUT2D eigenvalue weighted by Gasteiger charge is -2.01. The lowest BCUT2D eigenvalue weighted by atomic mass is 10.0. The third-order valence-corrected chi connectivity index (χ3v) is 2.16. The average molecular weight is 192 g/mol. The number of ether oxygens (including phenoxy) is 2. The summed E-state index contributed by atoms with van der Waals surface area (Å²) in [6, 6.07) is 4.95. The van der Waals surface area contributed by atoms with Crippen LogP contribution in [0.4, 0.5) is 0 Å². The highest BCUT2D eigenvalue weighted by Crippen LogP contribution is 2.36. The highest BCUT2D eigenvalue weighted by Gasteiger charge is 2.32. The third kappa shape index (κ3) is 1.16. The molecule has 0 spiro atoms. The molecular formula is C10H8O4. The SMILES string of the molecule is COc1ccc2c(c1)OC(=O)C2C=O. The molecule has 1 aromatic carbocycles. The van der Waals surface area contributed by atoms with Crippen molar-refractivity contribution in [2.24, 2.45) is 0 Å². The van der Waals surface area contributed by atoms with Crippen molar-refractivity contribution in [3.8, 4) is 11.5 Å². The number of fused-ring (bicyclic) bond motifs is 1. The summed E-state index contributed by atoms with van der Waals surface area (Å²) in [5.74, 6) is -0.297. The van der Waals surface area contributed by atoms with Crippen molar-refractivity contribution in [2.75, 3.05) is 7.11 Å². The molecule has 0 radical (unpaired) electrons. The first kappa shape index (κ1) is 8.74. The van der Waals surface area contributed by atoms with Gasteiger partial charge in [-0.2, -0.15) is 0 Å². The van der Waals surface area contributed by atoms with Crippen LogP contribution in [0.2, 0.25) is 0 Å². The van der Waals surface area contributed by atoms with Crippen molar-refractivity contribution >= 4 is 12.3 Å². The number of hydrogen-bond donors (Lipinski definition) is 0. The van der Waals surface area contributed by atoms with E-state index in [0.29, 0.717) is 23.3 Å². The molecule has 0 N–H and O–H groups in total. The average Bonchev–Trinajstić information content (AvgIpc) is 2.51. The van der Waals surface area contributed by atoms with E-state index in [2.05, 4.69) is 0 Å². The Balaban J connectivity index is 2.47. The van der Waals surface area contributed by atoms with E-state index >= 15 is 0 Å². The second kappa shape index (κ2) is 3.14. The second-order valence-corrected chi connectivity index (χ2v) is 2.94. The van der Waals surface area contributed by atoms with E-state index in [1.165, 1.54) is 7.11 Å². The van der Waals surface area contributed by atoms with Gasteiger partial charge >= 0.3 is 5.97 Å². The molecule has 0 saturated heterocycles. The van der Waals surface area contributed by atoms with Gasteiger partial charge in [-0.25, -0.2) is 0 Å². The van der Waals surface area contributed by atoms with Crippen LogP contribution in [0.15, 0.2) is 18.2 Å². The van der Waals surface area contributed by atoms with E-state index in [1.54, 1.807) is 18.2 Å². The smallest absolute Gasteiger partial charge is 0.326 e. The maximum absolute atomic E-state index is 11.2. The number of carbonyl (C=O) groups is 2. The van der Waals surface area contributed by atoms with E-state index < -0.39 is 11.9 Å². The first-order chi connectivity index (χ1) is 6.76. The number of methoxy groups -OCH3 is 1. The fourth-order valence-corrected chi connectivity index (χ4v) is 1.41. The maximum atomic E-state index is 11.2. The maximum Gasteiger partial charge on any atom is 0.326 e. The van der Waals surface area contributed by atoms with Gasteiger partial charge in [-0.1, -0.05) is 6.07 Å². The Morgan fingerprint density at radius 3 is 2.93 bits per heavy atom. The normalized spacial score (nSPS) is 18.6. The summed E-state index contributed by atoms with van der Waals surface area (Å²) >= 11 is 0. The number of carbonyl (C=O) groups excluding carboxylic acids is 2. The molecule has 4 heteroatoms. The molecule has 0 bridgehead atoms. The topological polar surface area (TPSA) is 52.6 Å². The number of aldehydes is 1. The van der Waals surface area contributed by atoms with Gasteiger partial charge in [0.1, 0.15) is 23.7 Å². The molecule has 1 aliphatic heterocycles. The Morgan fingerprint density at radius 2 is 2.29 bits per heavy atom. The molecule has 1 heterocycles. The molecule has 1 atom stereocenters. The van der Waals surface area contributed by atoms with E-state index in [0.717, 1.165) is 0 Å². The fourth-order valence-electron chi connectivity index (χ4n) is 1.41. The van der Waals surface area contributed by atoms with Crippen molar-refractivity contribution in [2.45, 2.75) is 5.92 Å². The van der Waals surface area contributed by atoms with E-state index in [1.807, 2.05) is 0 Å². The summed E-state index contributed by atoms with van der Waals surface area (Å²) in [5, 5.41) is 0. The first-order valence-electron chi connectivity index (χ1n) is 4.11. The van der Waals surface area contributed by atoms with Crippen molar-refractivity contribution in [1.29, 1.82) is 0 Å². The molecule has 1 aliphatic rings. The standard InChI is InChI=1S/C10H8O4/c1-13-6-2-3-7-8(5-11)10(12)14-9(7)4-6/h2-5,8H,1H3. The molecule has 2 rings (SSSR count). The van der Waals surface area contributed by atoms with Crippen LogP contribution in [-0.4, -0.2) is 19.4 Å². The predicted octanol–water partition coefficient (Wildman–Crippen LogP) is 0.897. The minimum atomic E-state index is -0.782. The van der Waals surface area contributed by atoms with Crippen molar-refractivity contribution in [1.82, 2.24) is 0 Å². The van der Waals surface area contributed by atoms with Crippen LogP contribution >= 0.6 is 0 Å². The number of rotatable bonds is 2. The summed E-state index contributed by atoms with van der Waals surface area (Å²) in [5.41, 5.74) is 0.603. The molecule has 4 nitrogen and oxygen atoms in total. The molecular weight excluding hydrogens is 184 g/mol. The molecule has 72 valence electrons. The number of esters is 1. The van der Waals surface area contributed by atoms with Gasteiger partial charge < -0.3 is 14.3 Å². The zero-order valence-corrected chi connectivity index (χ0v) is 7.52. The molecule has 0 aliphatic carbocycles. The van der Waals surface area contributed by atoms with E-state index in [4.69, 9.17) is 9.47 Å². The second-order valence-electron chi connectivity index (χ2n) is 2.94. The monoisotopic (exact) mass is 192 g/mol. The van der Waals surface area contributed by atoms with Gasteiger partial charge in [0.15, 0.2) is 0 Å². The Kier molecular flexibility index (Phi) is 1.96. The van der Waals surface area contributed by atoms with Crippen LogP contribution in [0.5, 0.6) is 11.5 Å². The van der Waals surface area contributed by atoms with Crippen molar-refractivity contribution in [3.05, 3.63) is 23.8 Å². The number of hydrogen-bond acceptors (Lipinski definition) is 4. The Morgan fingerprint density at radius 1 is 1.50 bits per heavy atom. The molecule has 0 aromatic heterocycles. The summed E-state index contributed by atoms with van der Waals surface area (Å²) < 4.78 is 9.87. The van der Waals surface area contributed by atoms with E-state index in [-0.39, 0.29) is 0 Å². The molecule has 1 unspecified atom stereocenters. The number of benzene rings is 1. The first-order valence-corrected chi connectivity index (χ1v) is 4.11. The predicted molar refractivity (Wildman–Crippen MR) is 47.4 cm³/mol. The van der Waals surface area contributed by atoms with Gasteiger partial charge in [-0.05, 0) is 6.07 Å². The zero-order chi connectivity index (χ0) is 10.1. The van der Waals surface area contributed by atoms with Crippen molar-refractivity contribution in [3.63, 3.8) is 0 Å². The highest BCUT2D eigenvalue weighted by molar-refractivity contribution is 5.99. The Labute approximate surface area is 80.4 Å². The fraction of sp³-hybridized carbons (Fsp3) is 0.200. The lowest BCUT2D eigenvalue weighted by Crippen LogP contribution is -2.10. The Bertz CT molecular complexity index is 397. The third-order valence-electron chi connectivity index (χ3n) is 2.16. The largest absolute Gasteiger partial charge is 0.497 e. The van der Waals surface area contributed by atoms with Gasteiger partial charge in [0, 0.05) is 11.6 Å². The van der Waals surface area contributed by atoms with Crippen LogP contribution in [-0.2, 0) is 9.59 Å². The summed E-state index contributed by atoms with van der Waals surface area (Å²) in [7, 11) is 1.52. The van der Waals surface area contributed by atoms with Crippen LogP contribution in [0.1, 0.15) is 11.5 Å². The summed E-state index contributed by atoms with van der Waals surface area (Å²) in [4.78, 5) is 21.8. The molecule has 14 heavy (non-hydrogen) atoms. The zero-order valence-electron chi connectivity index (χ0n) is 7.52. The minimum Gasteiger partial charge on any atom is -0.497 e. The van der Waals surface area contributed by atoms with Gasteiger partial charge in [-0.3, -0.25) is 4.79 Å². The van der Waals surface area contributed by atoms with Crippen LogP contribution in [0.3, 0.4) is 0 Å². The van der Waals surface area contributed by atoms with Gasteiger partial charge in [0.2, 0.25) is 0 Å². The quantitative estimate of drug-likeness (QED) is 0.302. The van der Waals surface area contributed by atoms with Crippen LogP contribution < -0.4 is 9.47 Å². The molecule has 0 saturated carbocycles.